The molecular formula is C12H20ClN3O3. The van der Waals surface area contributed by atoms with Crippen molar-refractivity contribution >= 4 is 23.5 Å². The van der Waals surface area contributed by atoms with Gasteiger partial charge in [-0.2, -0.15) is 9.97 Å². The van der Waals surface area contributed by atoms with E-state index in [9.17, 15) is 4.79 Å². The molecule has 108 valence electrons. The number of halogens is 1. The third-order valence-electron chi connectivity index (χ3n) is 1.49. The number of nitrogens with zero attached hydrogens (tertiary/aromatic N) is 2. The topological polar surface area (TPSA) is 73.3 Å². The first-order valence-electron chi connectivity index (χ1n) is 5.89. The molecule has 0 saturated heterocycles. The second-order valence-electron chi connectivity index (χ2n) is 4.19. The predicted molar refractivity (Wildman–Crippen MR) is 74.8 cm³/mol. The molecule has 19 heavy (non-hydrogen) atoms. The normalized spacial score (nSPS) is 10.1. The minimum atomic E-state index is -0.616. The fourth-order valence-corrected chi connectivity index (χ4v) is 1.14. The zero-order chi connectivity index (χ0) is 15.1. The number of nitrogens with one attached hydrogen (secondary N) is 1. The van der Waals surface area contributed by atoms with Gasteiger partial charge in [0.25, 0.3) is 0 Å². The molecule has 1 aromatic rings. The first-order valence-corrected chi connectivity index (χ1v) is 6.26. The number of ether oxygens (including phenoxy) is 2. The summed E-state index contributed by atoms with van der Waals surface area (Å²) in [5.74, 6) is 0.219. The summed E-state index contributed by atoms with van der Waals surface area (Å²) < 4.78 is 9.88. The van der Waals surface area contributed by atoms with E-state index in [4.69, 9.17) is 21.1 Å². The van der Waals surface area contributed by atoms with Crippen LogP contribution in [0.15, 0.2) is 6.07 Å². The zero-order valence-corrected chi connectivity index (χ0v) is 12.8. The SMILES string of the molecule is CC.COc1nc(Cl)cc(NC(=O)OC(C)(C)C)n1. The van der Waals surface area contributed by atoms with Crippen LogP contribution in [-0.4, -0.2) is 28.8 Å². The standard InChI is InChI=1S/C10H14ClN3O3.C2H6/c1-10(2,3)17-9(15)14-7-5-6(11)12-8(13-7)16-4;1-2/h5H,1-4H3,(H,12,13,14,15);1-2H3. The molecule has 0 aliphatic rings. The minimum Gasteiger partial charge on any atom is -0.467 e. The molecule has 1 rings (SSSR count). The molecule has 6 nitrogen and oxygen atoms in total. The van der Waals surface area contributed by atoms with Crippen LogP contribution in [0.2, 0.25) is 5.15 Å². The zero-order valence-electron chi connectivity index (χ0n) is 12.1. The molecule has 0 fully saturated rings. The average molecular weight is 290 g/mol. The molecule has 0 saturated carbocycles. The van der Waals surface area contributed by atoms with Crippen LogP contribution < -0.4 is 10.1 Å². The van der Waals surface area contributed by atoms with E-state index in [1.807, 2.05) is 13.8 Å². The molecule has 0 atom stereocenters. The van der Waals surface area contributed by atoms with Gasteiger partial charge >= 0.3 is 12.1 Å². The lowest BCUT2D eigenvalue weighted by Crippen LogP contribution is -2.27. The lowest BCUT2D eigenvalue weighted by atomic mass is 10.2. The van der Waals surface area contributed by atoms with Crippen LogP contribution in [0.1, 0.15) is 34.6 Å². The van der Waals surface area contributed by atoms with E-state index in [0.717, 1.165) is 0 Å². The summed E-state index contributed by atoms with van der Waals surface area (Å²) in [5.41, 5.74) is -0.578. The molecule has 0 spiro atoms. The van der Waals surface area contributed by atoms with Gasteiger partial charge in [-0.3, -0.25) is 5.32 Å². The highest BCUT2D eigenvalue weighted by Crippen LogP contribution is 2.16. The molecule has 7 heteroatoms. The number of amides is 1. The second-order valence-corrected chi connectivity index (χ2v) is 4.58. The summed E-state index contributed by atoms with van der Waals surface area (Å²) in [7, 11) is 1.41. The Balaban J connectivity index is 0.00000154. The molecule has 0 aliphatic carbocycles. The second kappa shape index (κ2) is 7.78. The van der Waals surface area contributed by atoms with Crippen molar-refractivity contribution < 1.29 is 14.3 Å². The van der Waals surface area contributed by atoms with Crippen LogP contribution in [0.3, 0.4) is 0 Å². The van der Waals surface area contributed by atoms with Gasteiger partial charge in [-0.25, -0.2) is 4.79 Å². The van der Waals surface area contributed by atoms with Crippen molar-refractivity contribution in [3.8, 4) is 6.01 Å². The predicted octanol–water partition coefficient (Wildman–Crippen LogP) is 3.51. The minimum absolute atomic E-state index is 0.0727. The summed E-state index contributed by atoms with van der Waals surface area (Å²) >= 11 is 5.72. The Bertz CT molecular complexity index is 419. The van der Waals surface area contributed by atoms with E-state index >= 15 is 0 Å². The Labute approximate surface area is 118 Å². The summed E-state index contributed by atoms with van der Waals surface area (Å²) in [6.07, 6.45) is -0.616. The van der Waals surface area contributed by atoms with Crippen molar-refractivity contribution in [1.82, 2.24) is 9.97 Å². The average Bonchev–Trinajstić information content (AvgIpc) is 2.28. The number of carbonyl (C=O) groups excluding carboxylic acids is 1. The van der Waals surface area contributed by atoms with Gasteiger partial charge in [-0.05, 0) is 20.8 Å². The molecule has 0 unspecified atom stereocenters. The molecular weight excluding hydrogens is 270 g/mol. The van der Waals surface area contributed by atoms with E-state index in [0.29, 0.717) is 0 Å². The van der Waals surface area contributed by atoms with Crippen molar-refractivity contribution in [3.05, 3.63) is 11.2 Å². The van der Waals surface area contributed by atoms with Crippen LogP contribution in [0.4, 0.5) is 10.6 Å². The maximum absolute atomic E-state index is 11.5. The Morgan fingerprint density at radius 3 is 2.37 bits per heavy atom. The van der Waals surface area contributed by atoms with Gasteiger partial charge in [0.15, 0.2) is 0 Å². The fourth-order valence-electron chi connectivity index (χ4n) is 0.960. The molecule has 1 heterocycles. The maximum atomic E-state index is 11.5. The van der Waals surface area contributed by atoms with Crippen molar-refractivity contribution in [2.24, 2.45) is 0 Å². The number of aromatic nitrogens is 2. The van der Waals surface area contributed by atoms with Crippen LogP contribution in [0.5, 0.6) is 6.01 Å². The van der Waals surface area contributed by atoms with Crippen LogP contribution in [0.25, 0.3) is 0 Å². The van der Waals surface area contributed by atoms with E-state index < -0.39 is 11.7 Å². The smallest absolute Gasteiger partial charge is 0.413 e. The van der Waals surface area contributed by atoms with Gasteiger partial charge in [0.2, 0.25) is 0 Å². The Hall–Kier alpha value is -1.56. The molecule has 1 N–H and O–H groups in total. The van der Waals surface area contributed by atoms with Gasteiger partial charge in [0, 0.05) is 6.07 Å². The molecule has 1 aromatic heterocycles. The Morgan fingerprint density at radius 2 is 1.89 bits per heavy atom. The van der Waals surface area contributed by atoms with E-state index in [1.54, 1.807) is 20.8 Å². The third kappa shape index (κ3) is 7.46. The van der Waals surface area contributed by atoms with Gasteiger partial charge in [0.05, 0.1) is 7.11 Å². The first-order chi connectivity index (χ1) is 8.80. The number of anilines is 1. The first kappa shape index (κ1) is 17.4. The summed E-state index contributed by atoms with van der Waals surface area (Å²) in [4.78, 5) is 19.1. The summed E-state index contributed by atoms with van der Waals surface area (Å²) in [6.45, 7) is 9.29. The quantitative estimate of drug-likeness (QED) is 0.843. The molecule has 1 amide bonds. The number of rotatable bonds is 2. The highest BCUT2D eigenvalue weighted by Gasteiger charge is 2.17. The fraction of sp³-hybridized carbons (Fsp3) is 0.583. The summed E-state index contributed by atoms with van der Waals surface area (Å²) in [6, 6.07) is 1.47. The molecule has 0 bridgehead atoms. The largest absolute Gasteiger partial charge is 0.467 e. The van der Waals surface area contributed by atoms with Crippen LogP contribution >= 0.6 is 11.6 Å². The van der Waals surface area contributed by atoms with Crippen molar-refractivity contribution in [3.63, 3.8) is 0 Å². The third-order valence-corrected chi connectivity index (χ3v) is 1.68. The molecule has 0 aromatic carbocycles. The highest BCUT2D eigenvalue weighted by atomic mass is 35.5. The highest BCUT2D eigenvalue weighted by molar-refractivity contribution is 6.29. The number of methoxy groups -OCH3 is 1. The van der Waals surface area contributed by atoms with Crippen molar-refractivity contribution in [2.75, 3.05) is 12.4 Å². The van der Waals surface area contributed by atoms with Gasteiger partial charge in [-0.1, -0.05) is 25.4 Å². The van der Waals surface area contributed by atoms with Gasteiger partial charge in [-0.15, -0.1) is 0 Å². The number of hydrogen-bond donors (Lipinski definition) is 1. The monoisotopic (exact) mass is 289 g/mol. The van der Waals surface area contributed by atoms with Gasteiger partial charge in [0.1, 0.15) is 16.6 Å². The van der Waals surface area contributed by atoms with Crippen LogP contribution in [0, 0.1) is 0 Å². The van der Waals surface area contributed by atoms with Gasteiger partial charge < -0.3 is 9.47 Å². The molecule has 0 aliphatic heterocycles. The number of carbonyl (C=O) groups is 1. The Morgan fingerprint density at radius 1 is 1.32 bits per heavy atom. The van der Waals surface area contributed by atoms with Crippen LogP contribution in [-0.2, 0) is 4.74 Å². The van der Waals surface area contributed by atoms with E-state index in [-0.39, 0.29) is 17.0 Å². The Kier molecular flexibility index (Phi) is 7.14. The molecule has 0 radical (unpaired) electrons. The van der Waals surface area contributed by atoms with E-state index in [1.165, 1.54) is 13.2 Å². The lowest BCUT2D eigenvalue weighted by molar-refractivity contribution is 0.0635. The van der Waals surface area contributed by atoms with E-state index in [2.05, 4.69) is 15.3 Å². The van der Waals surface area contributed by atoms with Crippen molar-refractivity contribution in [2.45, 2.75) is 40.2 Å². The maximum Gasteiger partial charge on any atom is 0.413 e. The number of hydrogen-bond acceptors (Lipinski definition) is 5. The van der Waals surface area contributed by atoms with Crippen molar-refractivity contribution in [1.29, 1.82) is 0 Å². The lowest BCUT2D eigenvalue weighted by Gasteiger charge is -2.19. The summed E-state index contributed by atoms with van der Waals surface area (Å²) in [5, 5.41) is 2.61.